The van der Waals surface area contributed by atoms with E-state index in [0.29, 0.717) is 5.92 Å². The van der Waals surface area contributed by atoms with Gasteiger partial charge in [0.1, 0.15) is 6.10 Å². The van der Waals surface area contributed by atoms with E-state index < -0.39 is 0 Å². The van der Waals surface area contributed by atoms with Crippen molar-refractivity contribution in [2.24, 2.45) is 5.92 Å². The maximum absolute atomic E-state index is 11.1. The van der Waals surface area contributed by atoms with Gasteiger partial charge in [0.15, 0.2) is 0 Å². The van der Waals surface area contributed by atoms with Crippen LogP contribution < -0.4 is 0 Å². The van der Waals surface area contributed by atoms with Gasteiger partial charge in [-0.05, 0) is 38.2 Å². The van der Waals surface area contributed by atoms with Gasteiger partial charge in [0.2, 0.25) is 0 Å². The quantitative estimate of drug-likeness (QED) is 0.403. The number of esters is 1. The van der Waals surface area contributed by atoms with Gasteiger partial charge in [-0.2, -0.15) is 0 Å². The highest BCUT2D eigenvalue weighted by molar-refractivity contribution is 5.81. The van der Waals surface area contributed by atoms with Crippen molar-refractivity contribution in [3.63, 3.8) is 0 Å². The van der Waals surface area contributed by atoms with Crippen LogP contribution >= 0.6 is 0 Å². The predicted molar refractivity (Wildman–Crippen MR) is 61.4 cm³/mol. The fraction of sp³-hybridized carbons (Fsp3) is 0.462. The van der Waals surface area contributed by atoms with Crippen molar-refractivity contribution in [3.8, 4) is 0 Å². The third kappa shape index (κ3) is 3.08. The van der Waals surface area contributed by atoms with E-state index in [1.54, 1.807) is 0 Å². The molecule has 0 aromatic heterocycles. The number of ether oxygens (including phenoxy) is 1. The van der Waals surface area contributed by atoms with Crippen molar-refractivity contribution in [2.75, 3.05) is 0 Å². The van der Waals surface area contributed by atoms with Gasteiger partial charge >= 0.3 is 5.97 Å². The number of hydrogen-bond acceptors (Lipinski definition) is 2. The van der Waals surface area contributed by atoms with Crippen LogP contribution in [-0.2, 0) is 9.53 Å². The summed E-state index contributed by atoms with van der Waals surface area (Å²) < 4.78 is 5.27. The van der Waals surface area contributed by atoms with Gasteiger partial charge in [0.25, 0.3) is 0 Å². The molecule has 2 nitrogen and oxygen atoms in total. The molecule has 1 aliphatic rings. The summed E-state index contributed by atoms with van der Waals surface area (Å²) in [6, 6.07) is 0. The molecule has 0 aromatic rings. The Labute approximate surface area is 91.3 Å². The molecule has 0 radical (unpaired) electrons. The lowest BCUT2D eigenvalue weighted by atomic mass is 9.84. The lowest BCUT2D eigenvalue weighted by Gasteiger charge is -2.28. The summed E-state index contributed by atoms with van der Waals surface area (Å²) in [6.07, 6.45) is 5.08. The van der Waals surface area contributed by atoms with Crippen molar-refractivity contribution < 1.29 is 9.53 Å². The van der Waals surface area contributed by atoms with Crippen molar-refractivity contribution >= 4 is 5.97 Å². The molecule has 2 heteroatoms. The summed E-state index contributed by atoms with van der Waals surface area (Å²) in [5.41, 5.74) is 2.28. The average Bonchev–Trinajstić information content (AvgIpc) is 2.20. The first kappa shape index (κ1) is 11.8. The van der Waals surface area contributed by atoms with Gasteiger partial charge in [0.05, 0.1) is 0 Å². The first-order chi connectivity index (χ1) is 7.04. The Kier molecular flexibility index (Phi) is 3.89. The molecule has 1 aliphatic carbocycles. The van der Waals surface area contributed by atoms with Gasteiger partial charge < -0.3 is 4.74 Å². The van der Waals surface area contributed by atoms with E-state index in [0.717, 1.165) is 24.0 Å². The van der Waals surface area contributed by atoms with E-state index in [-0.39, 0.29) is 12.1 Å². The van der Waals surface area contributed by atoms with Crippen LogP contribution in [-0.4, -0.2) is 12.1 Å². The topological polar surface area (TPSA) is 26.3 Å². The summed E-state index contributed by atoms with van der Waals surface area (Å²) in [4.78, 5) is 11.1. The van der Waals surface area contributed by atoms with Gasteiger partial charge in [-0.15, -0.1) is 0 Å². The standard InChI is InChI=1S/C13H18O2/c1-5-13(14)15-12-8-11(9(2)3)7-6-10(12)4/h5-6,11-12H,1-2,7-8H2,3-4H3/t11?,12-/m1/s1. The molecule has 2 atom stereocenters. The van der Waals surface area contributed by atoms with E-state index in [2.05, 4.69) is 19.2 Å². The average molecular weight is 206 g/mol. The van der Waals surface area contributed by atoms with Crippen LogP contribution in [0.3, 0.4) is 0 Å². The zero-order valence-electron chi connectivity index (χ0n) is 9.45. The Morgan fingerprint density at radius 2 is 2.33 bits per heavy atom. The summed E-state index contributed by atoms with van der Waals surface area (Å²) in [5.74, 6) is 0.0754. The molecule has 82 valence electrons. The molecule has 1 unspecified atom stereocenters. The SMILES string of the molecule is C=CC(=O)O[C@@H]1CC(C(=C)C)CC=C1C. The first-order valence-corrected chi connectivity index (χ1v) is 5.19. The number of allylic oxidation sites excluding steroid dienone is 2. The normalized spacial score (nSPS) is 25.3. The molecule has 0 fully saturated rings. The number of carbonyl (C=O) groups excluding carboxylic acids is 1. The Morgan fingerprint density at radius 1 is 1.67 bits per heavy atom. The van der Waals surface area contributed by atoms with E-state index in [1.165, 1.54) is 6.08 Å². The molecule has 0 N–H and O–H groups in total. The summed E-state index contributed by atoms with van der Waals surface area (Å²) in [5, 5.41) is 0. The number of carbonyl (C=O) groups is 1. The fourth-order valence-electron chi connectivity index (χ4n) is 1.73. The molecule has 0 saturated carbocycles. The van der Waals surface area contributed by atoms with Crippen LogP contribution in [0.5, 0.6) is 0 Å². The minimum atomic E-state index is -0.352. The maximum Gasteiger partial charge on any atom is 0.330 e. The van der Waals surface area contributed by atoms with Gasteiger partial charge in [-0.25, -0.2) is 4.79 Å². The molecule has 0 aromatic carbocycles. The van der Waals surface area contributed by atoms with Crippen LogP contribution in [0.2, 0.25) is 0 Å². The zero-order chi connectivity index (χ0) is 11.4. The molecule has 0 spiro atoms. The largest absolute Gasteiger partial charge is 0.455 e. The Hall–Kier alpha value is -1.31. The summed E-state index contributed by atoms with van der Waals surface area (Å²) in [6.45, 7) is 11.4. The van der Waals surface area contributed by atoms with Crippen molar-refractivity contribution in [1.29, 1.82) is 0 Å². The Morgan fingerprint density at radius 3 is 2.87 bits per heavy atom. The molecule has 0 heterocycles. The molecule has 0 amide bonds. The van der Waals surface area contributed by atoms with Gasteiger partial charge in [-0.1, -0.05) is 24.8 Å². The highest BCUT2D eigenvalue weighted by Gasteiger charge is 2.24. The third-order valence-corrected chi connectivity index (χ3v) is 2.85. The lowest BCUT2D eigenvalue weighted by molar-refractivity contribution is -0.142. The van der Waals surface area contributed by atoms with E-state index in [1.807, 2.05) is 13.8 Å². The Bertz CT molecular complexity index is 312. The van der Waals surface area contributed by atoms with Crippen molar-refractivity contribution in [1.82, 2.24) is 0 Å². The second-order valence-electron chi connectivity index (χ2n) is 4.09. The predicted octanol–water partition coefficient (Wildman–Crippen LogP) is 3.02. The minimum Gasteiger partial charge on any atom is -0.455 e. The van der Waals surface area contributed by atoms with Crippen LogP contribution in [0, 0.1) is 5.92 Å². The number of rotatable bonds is 3. The molecule has 1 rings (SSSR count). The number of hydrogen-bond donors (Lipinski definition) is 0. The molecular formula is C13H18O2. The molecular weight excluding hydrogens is 188 g/mol. The lowest BCUT2D eigenvalue weighted by Crippen LogP contribution is -2.25. The van der Waals surface area contributed by atoms with Crippen LogP contribution in [0.1, 0.15) is 26.7 Å². The molecule has 0 aliphatic heterocycles. The second kappa shape index (κ2) is 4.96. The van der Waals surface area contributed by atoms with Gasteiger partial charge in [0, 0.05) is 6.08 Å². The van der Waals surface area contributed by atoms with Crippen LogP contribution in [0.25, 0.3) is 0 Å². The van der Waals surface area contributed by atoms with E-state index in [4.69, 9.17) is 4.74 Å². The molecule has 0 bridgehead atoms. The Balaban J connectivity index is 2.67. The van der Waals surface area contributed by atoms with Gasteiger partial charge in [-0.3, -0.25) is 0 Å². The second-order valence-corrected chi connectivity index (χ2v) is 4.09. The van der Waals surface area contributed by atoms with Crippen molar-refractivity contribution in [3.05, 3.63) is 36.5 Å². The molecule has 15 heavy (non-hydrogen) atoms. The highest BCUT2D eigenvalue weighted by atomic mass is 16.5. The zero-order valence-corrected chi connectivity index (χ0v) is 9.45. The highest BCUT2D eigenvalue weighted by Crippen LogP contribution is 2.30. The van der Waals surface area contributed by atoms with E-state index in [9.17, 15) is 4.79 Å². The monoisotopic (exact) mass is 206 g/mol. The van der Waals surface area contributed by atoms with E-state index >= 15 is 0 Å². The van der Waals surface area contributed by atoms with Crippen LogP contribution in [0.15, 0.2) is 36.5 Å². The fourth-order valence-corrected chi connectivity index (χ4v) is 1.73. The smallest absolute Gasteiger partial charge is 0.330 e. The molecule has 0 saturated heterocycles. The maximum atomic E-state index is 11.1. The van der Waals surface area contributed by atoms with Crippen LogP contribution in [0.4, 0.5) is 0 Å². The summed E-state index contributed by atoms with van der Waals surface area (Å²) >= 11 is 0. The minimum absolute atomic E-state index is 0.106. The first-order valence-electron chi connectivity index (χ1n) is 5.19. The summed E-state index contributed by atoms with van der Waals surface area (Å²) in [7, 11) is 0. The van der Waals surface area contributed by atoms with Crippen molar-refractivity contribution in [2.45, 2.75) is 32.8 Å². The third-order valence-electron chi connectivity index (χ3n) is 2.85.